The van der Waals surface area contributed by atoms with Crippen LogP contribution in [0.4, 0.5) is 5.82 Å². The fraction of sp³-hybridized carbons (Fsp3) is 0.346. The Labute approximate surface area is 209 Å². The molecule has 1 aliphatic rings. The summed E-state index contributed by atoms with van der Waals surface area (Å²) in [4.78, 5) is 17.0. The summed E-state index contributed by atoms with van der Waals surface area (Å²) < 4.78 is 19.3. The number of para-hydroxylation sites is 1. The predicted molar refractivity (Wildman–Crippen MR) is 138 cm³/mol. The molecular weight excluding hydrogens is 462 g/mol. The molecule has 1 aliphatic heterocycles. The van der Waals surface area contributed by atoms with Crippen LogP contribution < -0.4 is 14.4 Å². The van der Waals surface area contributed by atoms with Crippen LogP contribution in [0.15, 0.2) is 53.7 Å². The molecule has 1 saturated heterocycles. The first-order valence-electron chi connectivity index (χ1n) is 11.7. The Kier molecular flexibility index (Phi) is 7.06. The van der Waals surface area contributed by atoms with Gasteiger partial charge in [0.1, 0.15) is 23.1 Å². The van der Waals surface area contributed by atoms with E-state index in [1.54, 1.807) is 18.9 Å². The molecule has 0 spiro atoms. The second-order valence-electron chi connectivity index (χ2n) is 8.22. The van der Waals surface area contributed by atoms with Gasteiger partial charge in [0.25, 0.3) is 0 Å². The van der Waals surface area contributed by atoms with Crippen molar-refractivity contribution in [1.82, 2.24) is 19.5 Å². The fourth-order valence-electron chi connectivity index (χ4n) is 4.08. The molecule has 35 heavy (non-hydrogen) atoms. The van der Waals surface area contributed by atoms with Crippen molar-refractivity contribution in [2.45, 2.75) is 24.3 Å². The summed E-state index contributed by atoms with van der Waals surface area (Å²) in [6.45, 7) is 5.07. The quantitative estimate of drug-likeness (QED) is 0.256. The van der Waals surface area contributed by atoms with Crippen molar-refractivity contribution in [2.24, 2.45) is 7.05 Å². The lowest BCUT2D eigenvalue weighted by Gasteiger charge is -2.28. The van der Waals surface area contributed by atoms with Crippen LogP contribution in [0.1, 0.15) is 18.3 Å². The van der Waals surface area contributed by atoms with Gasteiger partial charge in [0.05, 0.1) is 20.3 Å². The number of ether oxygens (including phenoxy) is 3. The molecule has 0 N–H and O–H groups in total. The molecule has 3 heterocycles. The number of aryl methyl sites for hydroxylation is 2. The summed E-state index contributed by atoms with van der Waals surface area (Å²) in [6.07, 6.45) is 0.837. The molecule has 1 fully saturated rings. The van der Waals surface area contributed by atoms with Crippen molar-refractivity contribution in [1.29, 1.82) is 0 Å². The van der Waals surface area contributed by atoms with E-state index in [-0.39, 0.29) is 0 Å². The number of fused-ring (bicyclic) bond motifs is 1. The Morgan fingerprint density at radius 2 is 1.80 bits per heavy atom. The van der Waals surface area contributed by atoms with E-state index in [2.05, 4.69) is 16.4 Å². The lowest BCUT2D eigenvalue weighted by atomic mass is 10.2. The van der Waals surface area contributed by atoms with E-state index < -0.39 is 0 Å². The number of benzene rings is 2. The summed E-state index contributed by atoms with van der Waals surface area (Å²) in [5, 5.41) is 0.714. The Morgan fingerprint density at radius 3 is 2.54 bits per heavy atom. The Morgan fingerprint density at radius 1 is 1.00 bits per heavy atom. The van der Waals surface area contributed by atoms with Crippen molar-refractivity contribution in [3.8, 4) is 17.2 Å². The second-order valence-corrected chi connectivity index (χ2v) is 9.16. The number of thioether (sulfide) groups is 1. The number of methoxy groups -OCH3 is 1. The lowest BCUT2D eigenvalue weighted by molar-refractivity contribution is 0.122. The van der Waals surface area contributed by atoms with Gasteiger partial charge in [-0.1, -0.05) is 43.0 Å². The van der Waals surface area contributed by atoms with Gasteiger partial charge in [-0.05, 0) is 18.2 Å². The molecule has 182 valence electrons. The highest BCUT2D eigenvalue weighted by atomic mass is 32.2. The number of nitrogens with zero attached hydrogens (tertiary/aromatic N) is 5. The summed E-state index contributed by atoms with van der Waals surface area (Å²) in [5.74, 6) is 4.82. The number of aromatic nitrogens is 4. The summed E-state index contributed by atoms with van der Waals surface area (Å²) in [5.41, 5.74) is 2.75. The molecular formula is C26H29N5O3S. The molecule has 2 aromatic heterocycles. The molecule has 0 aliphatic carbocycles. The topological polar surface area (TPSA) is 74.5 Å². The van der Waals surface area contributed by atoms with E-state index in [0.717, 1.165) is 65.1 Å². The minimum Gasteiger partial charge on any atom is -0.497 e. The van der Waals surface area contributed by atoms with Gasteiger partial charge in [0.15, 0.2) is 22.1 Å². The molecule has 0 radical (unpaired) electrons. The third kappa shape index (κ3) is 5.06. The maximum absolute atomic E-state index is 6.20. The summed E-state index contributed by atoms with van der Waals surface area (Å²) in [7, 11) is 3.68. The summed E-state index contributed by atoms with van der Waals surface area (Å²) in [6, 6.07) is 15.7. The molecule has 4 aromatic rings. The highest BCUT2D eigenvalue weighted by Gasteiger charge is 2.22. The van der Waals surface area contributed by atoms with Crippen molar-refractivity contribution in [3.05, 3.63) is 59.9 Å². The maximum atomic E-state index is 6.20. The molecule has 0 bridgehead atoms. The Bertz CT molecular complexity index is 1310. The van der Waals surface area contributed by atoms with E-state index in [9.17, 15) is 0 Å². The van der Waals surface area contributed by atoms with Crippen LogP contribution in [0.2, 0.25) is 0 Å². The molecule has 5 rings (SSSR count). The van der Waals surface area contributed by atoms with Crippen molar-refractivity contribution in [3.63, 3.8) is 0 Å². The minimum absolute atomic E-state index is 0.651. The van der Waals surface area contributed by atoms with Crippen LogP contribution in [0.25, 0.3) is 11.2 Å². The number of morpholine rings is 1. The smallest absolute Gasteiger partial charge is 0.191 e. The van der Waals surface area contributed by atoms with Gasteiger partial charge in [0.2, 0.25) is 0 Å². The monoisotopic (exact) mass is 491 g/mol. The molecule has 8 nitrogen and oxygen atoms in total. The van der Waals surface area contributed by atoms with E-state index in [1.165, 1.54) is 0 Å². The van der Waals surface area contributed by atoms with Crippen molar-refractivity contribution in [2.75, 3.05) is 38.3 Å². The van der Waals surface area contributed by atoms with Gasteiger partial charge in [-0.25, -0.2) is 15.0 Å². The van der Waals surface area contributed by atoms with Gasteiger partial charge in [-0.15, -0.1) is 0 Å². The molecule has 0 atom stereocenters. The van der Waals surface area contributed by atoms with Crippen molar-refractivity contribution < 1.29 is 14.2 Å². The van der Waals surface area contributed by atoms with Crippen LogP contribution in [-0.2, 0) is 24.0 Å². The molecule has 0 unspecified atom stereocenters. The average molecular weight is 492 g/mol. The Hall–Kier alpha value is -3.30. The third-order valence-electron chi connectivity index (χ3n) is 6.00. The molecule has 9 heteroatoms. The first-order valence-corrected chi connectivity index (χ1v) is 12.7. The highest BCUT2D eigenvalue weighted by molar-refractivity contribution is 7.98. The number of imidazole rings is 1. The van der Waals surface area contributed by atoms with E-state index in [4.69, 9.17) is 29.2 Å². The Balaban J connectivity index is 1.46. The predicted octanol–water partition coefficient (Wildman–Crippen LogP) is 4.86. The van der Waals surface area contributed by atoms with Crippen LogP contribution in [-0.4, -0.2) is 52.9 Å². The van der Waals surface area contributed by atoms with Gasteiger partial charge >= 0.3 is 0 Å². The first-order chi connectivity index (χ1) is 17.2. The SMILES string of the molecule is CCc1nc2c(N3CCOCC3)nc(SCc3ccc(OC)cc3Oc3ccccc3)nc2n1C. The largest absolute Gasteiger partial charge is 0.497 e. The van der Waals surface area contributed by atoms with Crippen LogP contribution in [0.3, 0.4) is 0 Å². The van der Waals surface area contributed by atoms with Gasteiger partial charge in [-0.3, -0.25) is 0 Å². The third-order valence-corrected chi connectivity index (χ3v) is 6.90. The lowest BCUT2D eigenvalue weighted by Crippen LogP contribution is -2.37. The first kappa shape index (κ1) is 23.4. The standard InChI is InChI=1S/C26H29N5O3S/c1-4-22-27-23-24(30(22)2)28-26(29-25(23)31-12-14-33-15-13-31)35-17-18-10-11-20(32-3)16-21(18)34-19-8-6-5-7-9-19/h5-11,16H,4,12-15,17H2,1-3H3. The molecule has 0 saturated carbocycles. The van der Waals surface area contributed by atoms with E-state index >= 15 is 0 Å². The highest BCUT2D eigenvalue weighted by Crippen LogP contribution is 2.34. The zero-order valence-electron chi connectivity index (χ0n) is 20.2. The zero-order chi connectivity index (χ0) is 24.2. The maximum Gasteiger partial charge on any atom is 0.191 e. The van der Waals surface area contributed by atoms with Crippen LogP contribution >= 0.6 is 11.8 Å². The number of rotatable bonds is 8. The number of hydrogen-bond donors (Lipinski definition) is 0. The fourth-order valence-corrected chi connectivity index (χ4v) is 4.91. The van der Waals surface area contributed by atoms with E-state index in [0.29, 0.717) is 24.1 Å². The van der Waals surface area contributed by atoms with Crippen LogP contribution in [0, 0.1) is 0 Å². The van der Waals surface area contributed by atoms with Gasteiger partial charge < -0.3 is 23.7 Å². The summed E-state index contributed by atoms with van der Waals surface area (Å²) >= 11 is 1.59. The van der Waals surface area contributed by atoms with E-state index in [1.807, 2.05) is 55.6 Å². The molecule has 0 amide bonds. The molecule has 2 aromatic carbocycles. The van der Waals surface area contributed by atoms with Crippen molar-refractivity contribution >= 4 is 28.7 Å². The average Bonchev–Trinajstić information content (AvgIpc) is 3.24. The minimum atomic E-state index is 0.651. The second kappa shape index (κ2) is 10.5. The van der Waals surface area contributed by atoms with Gasteiger partial charge in [-0.2, -0.15) is 0 Å². The normalized spacial score (nSPS) is 13.9. The number of anilines is 1. The number of hydrogen-bond acceptors (Lipinski definition) is 8. The van der Waals surface area contributed by atoms with Gasteiger partial charge in [0, 0.05) is 43.9 Å². The zero-order valence-corrected chi connectivity index (χ0v) is 21.0. The van der Waals surface area contributed by atoms with Crippen LogP contribution in [0.5, 0.6) is 17.2 Å².